The number of rotatable bonds is 2. The van der Waals surface area contributed by atoms with E-state index in [9.17, 15) is 0 Å². The second-order valence-corrected chi connectivity index (χ2v) is 3.37. The lowest BCUT2D eigenvalue weighted by molar-refractivity contribution is 0.525. The van der Waals surface area contributed by atoms with Gasteiger partial charge in [-0.3, -0.25) is 0 Å². The Bertz CT molecular complexity index is 167. The molecule has 2 aliphatic rings. The molecule has 0 saturated heterocycles. The van der Waals surface area contributed by atoms with Gasteiger partial charge < -0.3 is 0 Å². The first kappa shape index (κ1) is 6.21. The first-order valence-electron chi connectivity index (χ1n) is 4.04. The summed E-state index contributed by atoms with van der Waals surface area (Å²) in [6.07, 6.45) is 11.7. The van der Waals surface area contributed by atoms with Crippen LogP contribution in [0, 0.1) is 24.2 Å². The Labute approximate surface area is 62.6 Å². The first-order chi connectivity index (χ1) is 4.90. The van der Waals surface area contributed by atoms with E-state index >= 15 is 0 Å². The molecule has 0 nitrogen and oxygen atoms in total. The van der Waals surface area contributed by atoms with E-state index in [0.29, 0.717) is 0 Å². The molecule has 2 bridgehead atoms. The predicted molar refractivity (Wildman–Crippen MR) is 43.3 cm³/mol. The lowest BCUT2D eigenvalue weighted by Crippen LogP contribution is -2.05. The monoisotopic (exact) mass is 133 g/mol. The van der Waals surface area contributed by atoms with Crippen molar-refractivity contribution in [2.24, 2.45) is 17.8 Å². The minimum atomic E-state index is 0.812. The third-order valence-electron chi connectivity index (χ3n) is 2.71. The number of allylic oxidation sites excluding steroid dienone is 3. The molecule has 53 valence electrons. The summed E-state index contributed by atoms with van der Waals surface area (Å²) < 4.78 is 0. The highest BCUT2D eigenvalue weighted by Gasteiger charge is 2.34. The molecule has 10 heavy (non-hydrogen) atoms. The molecule has 1 fully saturated rings. The Kier molecular flexibility index (Phi) is 1.40. The second kappa shape index (κ2) is 2.26. The molecular weight excluding hydrogens is 120 g/mol. The van der Waals surface area contributed by atoms with E-state index in [4.69, 9.17) is 0 Å². The molecule has 0 N–H and O–H groups in total. The van der Waals surface area contributed by atoms with Crippen molar-refractivity contribution in [1.82, 2.24) is 0 Å². The first-order valence-corrected chi connectivity index (χ1v) is 4.04. The molecule has 1 saturated carbocycles. The van der Waals surface area contributed by atoms with Crippen molar-refractivity contribution in [3.63, 3.8) is 0 Å². The highest BCUT2D eigenvalue weighted by molar-refractivity contribution is 5.14. The van der Waals surface area contributed by atoms with Crippen LogP contribution >= 0.6 is 0 Å². The van der Waals surface area contributed by atoms with Gasteiger partial charge in [0.2, 0.25) is 0 Å². The summed E-state index contributed by atoms with van der Waals surface area (Å²) in [5.74, 6) is 2.56. The van der Waals surface area contributed by atoms with Crippen LogP contribution in [0.15, 0.2) is 24.8 Å². The molecule has 0 aromatic carbocycles. The van der Waals surface area contributed by atoms with Crippen LogP contribution in [-0.4, -0.2) is 0 Å². The van der Waals surface area contributed by atoms with Gasteiger partial charge in [-0.25, -0.2) is 0 Å². The van der Waals surface area contributed by atoms with Gasteiger partial charge in [0.15, 0.2) is 0 Å². The Morgan fingerprint density at radius 3 is 2.70 bits per heavy atom. The summed E-state index contributed by atoms with van der Waals surface area (Å²) in [7, 11) is 0. The molecule has 0 spiro atoms. The fourth-order valence-electron chi connectivity index (χ4n) is 2.22. The van der Waals surface area contributed by atoms with Crippen LogP contribution in [0.1, 0.15) is 12.8 Å². The number of hydrogen-bond donors (Lipinski definition) is 0. The van der Waals surface area contributed by atoms with E-state index < -0.39 is 0 Å². The fraction of sp³-hybridized carbons (Fsp3) is 0.500. The molecule has 0 heterocycles. The summed E-state index contributed by atoms with van der Waals surface area (Å²) >= 11 is 0. The van der Waals surface area contributed by atoms with Crippen LogP contribution in [0.5, 0.6) is 0 Å². The largest absolute Gasteiger partial charge is 0.103 e. The SMILES string of the molecule is C=C[CH]C1CC2C=CC1C2. The van der Waals surface area contributed by atoms with Crippen molar-refractivity contribution in [2.75, 3.05) is 0 Å². The van der Waals surface area contributed by atoms with Crippen LogP contribution < -0.4 is 0 Å². The second-order valence-electron chi connectivity index (χ2n) is 3.37. The number of hydrogen-bond acceptors (Lipinski definition) is 0. The van der Waals surface area contributed by atoms with Crippen molar-refractivity contribution < 1.29 is 0 Å². The van der Waals surface area contributed by atoms with Gasteiger partial charge in [-0.15, -0.1) is 6.58 Å². The zero-order valence-corrected chi connectivity index (χ0v) is 6.16. The highest BCUT2D eigenvalue weighted by atomic mass is 14.4. The average Bonchev–Trinajstić information content (AvgIpc) is 2.48. The van der Waals surface area contributed by atoms with E-state index in [1.165, 1.54) is 12.8 Å². The van der Waals surface area contributed by atoms with Gasteiger partial charge in [0.25, 0.3) is 0 Å². The number of fused-ring (bicyclic) bond motifs is 2. The van der Waals surface area contributed by atoms with Crippen LogP contribution in [0.3, 0.4) is 0 Å². The third kappa shape index (κ3) is 0.828. The zero-order chi connectivity index (χ0) is 6.97. The van der Waals surface area contributed by atoms with Crippen LogP contribution in [-0.2, 0) is 0 Å². The zero-order valence-electron chi connectivity index (χ0n) is 6.16. The molecule has 2 rings (SSSR count). The minimum absolute atomic E-state index is 0.812. The van der Waals surface area contributed by atoms with E-state index in [1.807, 2.05) is 6.08 Å². The predicted octanol–water partition coefficient (Wildman–Crippen LogP) is 2.59. The van der Waals surface area contributed by atoms with Gasteiger partial charge in [-0.05, 0) is 37.0 Å². The third-order valence-corrected chi connectivity index (χ3v) is 2.71. The quantitative estimate of drug-likeness (QED) is 0.508. The summed E-state index contributed by atoms with van der Waals surface area (Å²) in [4.78, 5) is 0. The molecular formula is C10H13. The van der Waals surface area contributed by atoms with Crippen molar-refractivity contribution >= 4 is 0 Å². The smallest absolute Gasteiger partial charge is 0.0136 e. The Morgan fingerprint density at radius 2 is 2.20 bits per heavy atom. The van der Waals surface area contributed by atoms with Crippen LogP contribution in [0.25, 0.3) is 0 Å². The highest BCUT2D eigenvalue weighted by Crippen LogP contribution is 2.44. The van der Waals surface area contributed by atoms with Gasteiger partial charge in [-0.1, -0.05) is 18.2 Å². The maximum absolute atomic E-state index is 3.73. The summed E-state index contributed by atoms with van der Waals surface area (Å²) in [5, 5.41) is 0. The molecule has 2 aliphatic carbocycles. The molecule has 0 aliphatic heterocycles. The Hall–Kier alpha value is -0.520. The van der Waals surface area contributed by atoms with Crippen molar-refractivity contribution in [2.45, 2.75) is 12.8 Å². The Morgan fingerprint density at radius 1 is 1.30 bits per heavy atom. The van der Waals surface area contributed by atoms with Gasteiger partial charge >= 0.3 is 0 Å². The van der Waals surface area contributed by atoms with E-state index in [0.717, 1.165) is 17.8 Å². The topological polar surface area (TPSA) is 0 Å². The van der Waals surface area contributed by atoms with Gasteiger partial charge in [0, 0.05) is 0 Å². The van der Waals surface area contributed by atoms with E-state index in [-0.39, 0.29) is 0 Å². The molecule has 1 radical (unpaired) electrons. The van der Waals surface area contributed by atoms with Gasteiger partial charge in [0.05, 0.1) is 0 Å². The summed E-state index contributed by atoms with van der Waals surface area (Å²) in [5.41, 5.74) is 0. The lowest BCUT2D eigenvalue weighted by Gasteiger charge is -2.14. The van der Waals surface area contributed by atoms with Crippen molar-refractivity contribution in [3.05, 3.63) is 31.2 Å². The molecule has 0 amide bonds. The summed E-state index contributed by atoms with van der Waals surface area (Å²) in [6, 6.07) is 0. The minimum Gasteiger partial charge on any atom is -0.103 e. The lowest BCUT2D eigenvalue weighted by atomic mass is 9.91. The molecule has 0 heteroatoms. The standard InChI is InChI=1S/C10H13/c1-2-3-9-6-8-4-5-10(9)7-8/h2-5,8-10H,1,6-7H2. The molecule has 0 aromatic heterocycles. The van der Waals surface area contributed by atoms with Crippen molar-refractivity contribution in [1.29, 1.82) is 0 Å². The van der Waals surface area contributed by atoms with Crippen LogP contribution in [0.4, 0.5) is 0 Å². The van der Waals surface area contributed by atoms with E-state index in [2.05, 4.69) is 25.2 Å². The maximum atomic E-state index is 3.73. The maximum Gasteiger partial charge on any atom is -0.0136 e. The van der Waals surface area contributed by atoms with E-state index in [1.54, 1.807) is 0 Å². The van der Waals surface area contributed by atoms with Gasteiger partial charge in [-0.2, -0.15) is 0 Å². The molecule has 3 unspecified atom stereocenters. The normalized spacial score (nSPS) is 42.6. The molecule has 3 atom stereocenters. The van der Waals surface area contributed by atoms with Gasteiger partial charge in [0.1, 0.15) is 0 Å². The van der Waals surface area contributed by atoms with Crippen molar-refractivity contribution in [3.8, 4) is 0 Å². The van der Waals surface area contributed by atoms with Crippen LogP contribution in [0.2, 0.25) is 0 Å². The molecule has 0 aromatic rings. The summed E-state index contributed by atoms with van der Waals surface area (Å²) in [6.45, 7) is 3.73. The Balaban J connectivity index is 2.02. The fourth-order valence-corrected chi connectivity index (χ4v) is 2.22. The average molecular weight is 133 g/mol.